The van der Waals surface area contributed by atoms with Gasteiger partial charge in [-0.2, -0.15) is 0 Å². The zero-order valence-electron chi connectivity index (χ0n) is 10.3. The Kier molecular flexibility index (Phi) is 3.20. The van der Waals surface area contributed by atoms with Crippen molar-refractivity contribution in [2.75, 3.05) is 18.0 Å². The van der Waals surface area contributed by atoms with Crippen molar-refractivity contribution >= 4 is 5.69 Å². The lowest BCUT2D eigenvalue weighted by Gasteiger charge is -2.37. The van der Waals surface area contributed by atoms with Gasteiger partial charge in [0.25, 0.3) is 0 Å². The summed E-state index contributed by atoms with van der Waals surface area (Å²) in [6, 6.07) is 10.7. The molecule has 0 spiro atoms. The molecule has 2 rings (SSSR count). The molecule has 1 aromatic rings. The number of benzene rings is 1. The van der Waals surface area contributed by atoms with Crippen LogP contribution in [0.15, 0.2) is 30.3 Å². The van der Waals surface area contributed by atoms with E-state index in [9.17, 15) is 0 Å². The quantitative estimate of drug-likeness (QED) is 0.845. The predicted octanol–water partition coefficient (Wildman–Crippen LogP) is 2.64. The second kappa shape index (κ2) is 4.46. The highest BCUT2D eigenvalue weighted by Crippen LogP contribution is 2.39. The van der Waals surface area contributed by atoms with Gasteiger partial charge in [0, 0.05) is 17.8 Å². The van der Waals surface area contributed by atoms with Gasteiger partial charge in [-0.3, -0.25) is 0 Å². The van der Waals surface area contributed by atoms with E-state index in [2.05, 4.69) is 49.1 Å². The minimum absolute atomic E-state index is 0.237. The topological polar surface area (TPSA) is 29.3 Å². The van der Waals surface area contributed by atoms with Crippen LogP contribution in [-0.2, 0) is 0 Å². The zero-order valence-corrected chi connectivity index (χ0v) is 10.3. The van der Waals surface area contributed by atoms with Crippen molar-refractivity contribution in [1.82, 2.24) is 0 Å². The molecule has 1 aliphatic heterocycles. The molecule has 2 heteroatoms. The molecular formula is C14H22N2. The maximum Gasteiger partial charge on any atom is 0.0375 e. The predicted molar refractivity (Wildman–Crippen MR) is 69.6 cm³/mol. The van der Waals surface area contributed by atoms with Crippen LogP contribution in [0.3, 0.4) is 0 Å². The molecule has 2 N–H and O–H groups in total. The zero-order chi connectivity index (χ0) is 11.6. The summed E-state index contributed by atoms with van der Waals surface area (Å²) in [4.78, 5) is 2.52. The first-order valence-electron chi connectivity index (χ1n) is 6.19. The van der Waals surface area contributed by atoms with E-state index in [1.807, 2.05) is 0 Å². The highest BCUT2D eigenvalue weighted by molar-refractivity contribution is 5.50. The van der Waals surface area contributed by atoms with Gasteiger partial charge in [-0.25, -0.2) is 0 Å². The fourth-order valence-corrected chi connectivity index (χ4v) is 2.92. The van der Waals surface area contributed by atoms with Gasteiger partial charge in [-0.1, -0.05) is 18.2 Å². The molecule has 0 aliphatic carbocycles. The van der Waals surface area contributed by atoms with Crippen LogP contribution >= 0.6 is 0 Å². The Morgan fingerprint density at radius 3 is 2.62 bits per heavy atom. The molecule has 0 aromatic heterocycles. The van der Waals surface area contributed by atoms with E-state index in [0.29, 0.717) is 0 Å². The third-order valence-electron chi connectivity index (χ3n) is 3.98. The van der Waals surface area contributed by atoms with Crippen LogP contribution in [0.1, 0.15) is 26.7 Å². The van der Waals surface area contributed by atoms with Crippen LogP contribution < -0.4 is 10.6 Å². The average molecular weight is 218 g/mol. The van der Waals surface area contributed by atoms with Crippen LogP contribution in [0.25, 0.3) is 0 Å². The summed E-state index contributed by atoms with van der Waals surface area (Å²) in [5, 5.41) is 0. The average Bonchev–Trinajstić information content (AvgIpc) is 2.57. The summed E-state index contributed by atoms with van der Waals surface area (Å²) in [5.41, 5.74) is 7.27. The van der Waals surface area contributed by atoms with E-state index in [1.54, 1.807) is 0 Å². The molecule has 2 nitrogen and oxygen atoms in total. The summed E-state index contributed by atoms with van der Waals surface area (Å²) in [6.07, 6.45) is 2.40. The lowest BCUT2D eigenvalue weighted by molar-refractivity contribution is 0.349. The molecule has 1 aliphatic rings. The van der Waals surface area contributed by atoms with E-state index >= 15 is 0 Å². The largest absolute Gasteiger partial charge is 0.366 e. The van der Waals surface area contributed by atoms with Crippen molar-refractivity contribution in [2.45, 2.75) is 32.2 Å². The summed E-state index contributed by atoms with van der Waals surface area (Å²) >= 11 is 0. The second-order valence-corrected chi connectivity index (χ2v) is 5.20. The second-order valence-electron chi connectivity index (χ2n) is 5.20. The third kappa shape index (κ3) is 1.94. The molecule has 0 bridgehead atoms. The summed E-state index contributed by atoms with van der Waals surface area (Å²) < 4.78 is 0. The smallest absolute Gasteiger partial charge is 0.0375 e. The molecule has 88 valence electrons. The lowest BCUT2D eigenvalue weighted by Crippen LogP contribution is -2.43. The van der Waals surface area contributed by atoms with Gasteiger partial charge in [0.05, 0.1) is 0 Å². The van der Waals surface area contributed by atoms with Crippen molar-refractivity contribution in [3.8, 4) is 0 Å². The number of anilines is 1. The Bertz CT molecular complexity index is 332. The molecule has 0 amide bonds. The number of para-hydroxylation sites is 1. The van der Waals surface area contributed by atoms with Crippen LogP contribution in [0.2, 0.25) is 0 Å². The Hall–Kier alpha value is -1.02. The maximum absolute atomic E-state index is 5.70. The fourth-order valence-electron chi connectivity index (χ4n) is 2.92. The van der Waals surface area contributed by atoms with E-state index in [-0.39, 0.29) is 5.54 Å². The van der Waals surface area contributed by atoms with Crippen LogP contribution in [0, 0.1) is 5.92 Å². The van der Waals surface area contributed by atoms with Crippen LogP contribution in [-0.4, -0.2) is 18.6 Å². The van der Waals surface area contributed by atoms with Crippen molar-refractivity contribution in [2.24, 2.45) is 11.7 Å². The highest BCUT2D eigenvalue weighted by atomic mass is 15.2. The van der Waals surface area contributed by atoms with Gasteiger partial charge < -0.3 is 10.6 Å². The minimum Gasteiger partial charge on any atom is -0.366 e. The summed E-state index contributed by atoms with van der Waals surface area (Å²) in [5.74, 6) is 0.720. The molecular weight excluding hydrogens is 196 g/mol. The van der Waals surface area contributed by atoms with E-state index in [4.69, 9.17) is 5.73 Å². The molecule has 16 heavy (non-hydrogen) atoms. The molecule has 1 aromatic carbocycles. The Morgan fingerprint density at radius 1 is 1.31 bits per heavy atom. The molecule has 1 atom stereocenters. The normalized spacial score (nSPS) is 23.7. The first-order chi connectivity index (χ1) is 7.66. The van der Waals surface area contributed by atoms with Gasteiger partial charge in [-0.15, -0.1) is 0 Å². The Balaban J connectivity index is 2.19. The summed E-state index contributed by atoms with van der Waals surface area (Å²) in [7, 11) is 0. The standard InChI is InChI=1S/C14H22N2/c1-14(2)12(8-10-15)9-11-16(14)13-6-4-3-5-7-13/h3-7,12H,8-11,15H2,1-2H3. The third-order valence-corrected chi connectivity index (χ3v) is 3.98. The van der Waals surface area contributed by atoms with Crippen LogP contribution in [0.5, 0.6) is 0 Å². The molecule has 0 saturated carbocycles. The molecule has 0 radical (unpaired) electrons. The maximum atomic E-state index is 5.70. The first kappa shape index (κ1) is 11.5. The number of rotatable bonds is 3. The number of nitrogens with two attached hydrogens (primary N) is 1. The highest BCUT2D eigenvalue weighted by Gasteiger charge is 2.40. The monoisotopic (exact) mass is 218 g/mol. The van der Waals surface area contributed by atoms with Crippen molar-refractivity contribution in [3.05, 3.63) is 30.3 Å². The SMILES string of the molecule is CC1(C)C(CCN)CCN1c1ccccc1. The van der Waals surface area contributed by atoms with E-state index in [1.165, 1.54) is 12.1 Å². The van der Waals surface area contributed by atoms with Gasteiger partial charge in [0.1, 0.15) is 0 Å². The Labute approximate surface area is 98.4 Å². The molecule has 1 saturated heterocycles. The van der Waals surface area contributed by atoms with Crippen LogP contribution in [0.4, 0.5) is 5.69 Å². The molecule has 1 fully saturated rings. The van der Waals surface area contributed by atoms with Crippen molar-refractivity contribution in [3.63, 3.8) is 0 Å². The Morgan fingerprint density at radius 2 is 2.00 bits per heavy atom. The summed E-state index contributed by atoms with van der Waals surface area (Å²) in [6.45, 7) is 6.64. The van der Waals surface area contributed by atoms with E-state index < -0.39 is 0 Å². The number of hydrogen-bond acceptors (Lipinski definition) is 2. The molecule has 1 heterocycles. The van der Waals surface area contributed by atoms with Gasteiger partial charge in [-0.05, 0) is 51.3 Å². The number of hydrogen-bond donors (Lipinski definition) is 1. The molecule has 1 unspecified atom stereocenters. The van der Waals surface area contributed by atoms with Crippen molar-refractivity contribution < 1.29 is 0 Å². The van der Waals surface area contributed by atoms with Gasteiger partial charge in [0.2, 0.25) is 0 Å². The lowest BCUT2D eigenvalue weighted by atomic mass is 9.85. The number of nitrogens with zero attached hydrogens (tertiary/aromatic N) is 1. The minimum atomic E-state index is 0.237. The first-order valence-corrected chi connectivity index (χ1v) is 6.19. The van der Waals surface area contributed by atoms with E-state index in [0.717, 1.165) is 25.4 Å². The fraction of sp³-hybridized carbons (Fsp3) is 0.571. The van der Waals surface area contributed by atoms with Crippen molar-refractivity contribution in [1.29, 1.82) is 0 Å². The van der Waals surface area contributed by atoms with Gasteiger partial charge >= 0.3 is 0 Å². The van der Waals surface area contributed by atoms with Gasteiger partial charge in [0.15, 0.2) is 0 Å².